The second-order valence-electron chi connectivity index (χ2n) is 5.61. The number of nitrogens with one attached hydrogen (secondary N) is 1. The van der Waals surface area contributed by atoms with Crippen LogP contribution in [0.3, 0.4) is 0 Å². The van der Waals surface area contributed by atoms with Crippen LogP contribution in [-0.2, 0) is 13.0 Å². The van der Waals surface area contributed by atoms with Crippen molar-refractivity contribution in [3.8, 4) is 5.75 Å². The van der Waals surface area contributed by atoms with Crippen molar-refractivity contribution >= 4 is 0 Å². The Morgan fingerprint density at radius 3 is 2.86 bits per heavy atom. The van der Waals surface area contributed by atoms with Crippen molar-refractivity contribution in [2.75, 3.05) is 13.7 Å². The first-order chi connectivity index (χ1) is 10.4. The molecule has 21 heavy (non-hydrogen) atoms. The molecule has 1 aromatic heterocycles. The number of ether oxygens (including phenoxy) is 1. The zero-order valence-electron chi connectivity index (χ0n) is 12.6. The fraction of sp³-hybridized carbons (Fsp3) is 0.471. The summed E-state index contributed by atoms with van der Waals surface area (Å²) in [5, 5.41) is 3.60. The van der Waals surface area contributed by atoms with Crippen LogP contribution < -0.4 is 10.1 Å². The number of piperidine rings is 1. The Labute approximate surface area is 126 Å². The number of aromatic nitrogens is 2. The van der Waals surface area contributed by atoms with Crippen LogP contribution in [0.15, 0.2) is 36.8 Å². The second kappa shape index (κ2) is 6.76. The molecular weight excluding hydrogens is 262 g/mol. The molecule has 0 bridgehead atoms. The highest BCUT2D eigenvalue weighted by molar-refractivity contribution is 5.27. The summed E-state index contributed by atoms with van der Waals surface area (Å²) in [6.07, 6.45) is 8.79. The average molecular weight is 285 g/mol. The lowest BCUT2D eigenvalue weighted by molar-refractivity contribution is 0.393. The van der Waals surface area contributed by atoms with Crippen LogP contribution in [0, 0.1) is 0 Å². The molecule has 1 aliphatic heterocycles. The van der Waals surface area contributed by atoms with E-state index in [1.165, 1.54) is 30.5 Å². The van der Waals surface area contributed by atoms with Crippen LogP contribution >= 0.6 is 0 Å². The van der Waals surface area contributed by atoms with Gasteiger partial charge in [0.25, 0.3) is 0 Å². The van der Waals surface area contributed by atoms with E-state index in [1.807, 2.05) is 24.7 Å². The van der Waals surface area contributed by atoms with Crippen molar-refractivity contribution in [3.05, 3.63) is 48.0 Å². The van der Waals surface area contributed by atoms with Gasteiger partial charge in [0, 0.05) is 18.8 Å². The van der Waals surface area contributed by atoms with Gasteiger partial charge in [0.05, 0.1) is 19.1 Å². The number of hydrogen-bond donors (Lipinski definition) is 1. The van der Waals surface area contributed by atoms with Gasteiger partial charge in [-0.25, -0.2) is 4.98 Å². The standard InChI is InChI=1S/C17H23N3O/c1-21-15-7-5-14(6-8-15)9-11-20-13-18-12-17(20)16-4-2-3-10-19-16/h5-8,12-13,16,19H,2-4,9-11H2,1H3. The smallest absolute Gasteiger partial charge is 0.118 e. The van der Waals surface area contributed by atoms with Gasteiger partial charge in [-0.15, -0.1) is 0 Å². The Morgan fingerprint density at radius 2 is 2.14 bits per heavy atom. The molecule has 2 heterocycles. The Kier molecular flexibility index (Phi) is 4.55. The number of methoxy groups -OCH3 is 1. The molecular formula is C17H23N3O. The fourth-order valence-electron chi connectivity index (χ4n) is 2.95. The molecule has 1 saturated heterocycles. The molecule has 1 aromatic carbocycles. The normalized spacial score (nSPS) is 18.6. The molecule has 1 fully saturated rings. The second-order valence-corrected chi connectivity index (χ2v) is 5.61. The number of benzene rings is 1. The zero-order chi connectivity index (χ0) is 14.5. The largest absolute Gasteiger partial charge is 0.497 e. The van der Waals surface area contributed by atoms with Crippen LogP contribution in [0.25, 0.3) is 0 Å². The van der Waals surface area contributed by atoms with Gasteiger partial charge in [-0.3, -0.25) is 0 Å². The summed E-state index contributed by atoms with van der Waals surface area (Å²) in [6.45, 7) is 2.09. The summed E-state index contributed by atoms with van der Waals surface area (Å²) >= 11 is 0. The summed E-state index contributed by atoms with van der Waals surface area (Å²) in [6, 6.07) is 8.78. The molecule has 0 spiro atoms. The minimum atomic E-state index is 0.470. The molecule has 1 atom stereocenters. The Bertz CT molecular complexity index is 556. The Hall–Kier alpha value is -1.81. The van der Waals surface area contributed by atoms with E-state index in [1.54, 1.807) is 7.11 Å². The van der Waals surface area contributed by atoms with Gasteiger partial charge >= 0.3 is 0 Å². The van der Waals surface area contributed by atoms with Crippen molar-refractivity contribution in [2.45, 2.75) is 38.3 Å². The molecule has 2 aromatic rings. The zero-order valence-corrected chi connectivity index (χ0v) is 12.6. The Balaban J connectivity index is 1.63. The van der Waals surface area contributed by atoms with E-state index >= 15 is 0 Å². The van der Waals surface area contributed by atoms with Gasteiger partial charge < -0.3 is 14.6 Å². The fourth-order valence-corrected chi connectivity index (χ4v) is 2.95. The number of rotatable bonds is 5. The Morgan fingerprint density at radius 1 is 1.29 bits per heavy atom. The van der Waals surface area contributed by atoms with E-state index < -0.39 is 0 Å². The molecule has 3 rings (SSSR count). The maximum atomic E-state index is 5.19. The van der Waals surface area contributed by atoms with Crippen LogP contribution in [0.5, 0.6) is 5.75 Å². The molecule has 0 radical (unpaired) electrons. The number of nitrogens with zero attached hydrogens (tertiary/aromatic N) is 2. The van der Waals surface area contributed by atoms with E-state index in [4.69, 9.17) is 4.74 Å². The summed E-state index contributed by atoms with van der Waals surface area (Å²) in [5.41, 5.74) is 2.65. The third-order valence-electron chi connectivity index (χ3n) is 4.21. The van der Waals surface area contributed by atoms with Crippen molar-refractivity contribution in [3.63, 3.8) is 0 Å². The molecule has 1 unspecified atom stereocenters. The third-order valence-corrected chi connectivity index (χ3v) is 4.21. The number of aryl methyl sites for hydroxylation is 2. The molecule has 4 heteroatoms. The summed E-state index contributed by atoms with van der Waals surface area (Å²) in [5.74, 6) is 0.911. The van der Waals surface area contributed by atoms with E-state index in [0.29, 0.717) is 6.04 Å². The molecule has 0 amide bonds. The van der Waals surface area contributed by atoms with Gasteiger partial charge in [0.15, 0.2) is 0 Å². The van der Waals surface area contributed by atoms with E-state index in [2.05, 4.69) is 27.0 Å². The lowest BCUT2D eigenvalue weighted by Gasteiger charge is -2.24. The monoisotopic (exact) mass is 285 g/mol. The highest BCUT2D eigenvalue weighted by Gasteiger charge is 2.18. The predicted molar refractivity (Wildman–Crippen MR) is 83.5 cm³/mol. The molecule has 112 valence electrons. The minimum Gasteiger partial charge on any atom is -0.497 e. The maximum Gasteiger partial charge on any atom is 0.118 e. The molecule has 1 aliphatic rings. The van der Waals surface area contributed by atoms with Gasteiger partial charge in [-0.2, -0.15) is 0 Å². The number of imidazole rings is 1. The minimum absolute atomic E-state index is 0.470. The quantitative estimate of drug-likeness (QED) is 0.918. The predicted octanol–water partition coefficient (Wildman–Crippen LogP) is 2.95. The van der Waals surface area contributed by atoms with Crippen molar-refractivity contribution < 1.29 is 4.74 Å². The maximum absolute atomic E-state index is 5.19. The van der Waals surface area contributed by atoms with E-state index in [0.717, 1.165) is 25.3 Å². The highest BCUT2D eigenvalue weighted by Crippen LogP contribution is 2.23. The topological polar surface area (TPSA) is 39.1 Å². The SMILES string of the molecule is COc1ccc(CCn2cncc2C2CCCCN2)cc1. The third kappa shape index (κ3) is 3.45. The summed E-state index contributed by atoms with van der Waals surface area (Å²) in [7, 11) is 1.70. The lowest BCUT2D eigenvalue weighted by atomic mass is 10.0. The molecule has 0 aliphatic carbocycles. The van der Waals surface area contributed by atoms with Crippen molar-refractivity contribution in [1.82, 2.24) is 14.9 Å². The van der Waals surface area contributed by atoms with Crippen molar-refractivity contribution in [2.24, 2.45) is 0 Å². The van der Waals surface area contributed by atoms with Gasteiger partial charge in [-0.05, 0) is 43.5 Å². The highest BCUT2D eigenvalue weighted by atomic mass is 16.5. The van der Waals surface area contributed by atoms with Gasteiger partial charge in [0.1, 0.15) is 5.75 Å². The number of hydrogen-bond acceptors (Lipinski definition) is 3. The first-order valence-corrected chi connectivity index (χ1v) is 7.73. The van der Waals surface area contributed by atoms with Crippen LogP contribution in [-0.4, -0.2) is 23.2 Å². The summed E-state index contributed by atoms with van der Waals surface area (Å²) < 4.78 is 7.48. The lowest BCUT2D eigenvalue weighted by Crippen LogP contribution is -2.28. The van der Waals surface area contributed by atoms with Crippen molar-refractivity contribution in [1.29, 1.82) is 0 Å². The van der Waals surface area contributed by atoms with Gasteiger partial charge in [-0.1, -0.05) is 18.6 Å². The van der Waals surface area contributed by atoms with Crippen LogP contribution in [0.4, 0.5) is 0 Å². The van der Waals surface area contributed by atoms with E-state index in [9.17, 15) is 0 Å². The molecule has 0 saturated carbocycles. The van der Waals surface area contributed by atoms with Gasteiger partial charge in [0.2, 0.25) is 0 Å². The summed E-state index contributed by atoms with van der Waals surface area (Å²) in [4.78, 5) is 4.34. The van der Waals surface area contributed by atoms with Crippen LogP contribution in [0.2, 0.25) is 0 Å². The first-order valence-electron chi connectivity index (χ1n) is 7.73. The first kappa shape index (κ1) is 14.1. The van der Waals surface area contributed by atoms with Crippen LogP contribution in [0.1, 0.15) is 36.6 Å². The molecule has 4 nitrogen and oxygen atoms in total. The average Bonchev–Trinajstić information content (AvgIpc) is 3.03. The van der Waals surface area contributed by atoms with E-state index in [-0.39, 0.29) is 0 Å². The molecule has 1 N–H and O–H groups in total.